The van der Waals surface area contributed by atoms with E-state index in [9.17, 15) is 4.79 Å². The summed E-state index contributed by atoms with van der Waals surface area (Å²) in [5.74, 6) is 0.409. The molecule has 0 aliphatic carbocycles. The Balaban J connectivity index is 2.06. The average molecular weight is 291 g/mol. The van der Waals surface area contributed by atoms with Crippen LogP contribution in [0.1, 0.15) is 51.5 Å². The SMILES string of the molecule is CCCCC(CC)C(=O)NCCCNCc1cccnc1. The van der Waals surface area contributed by atoms with Crippen molar-refractivity contribution in [3.05, 3.63) is 30.1 Å². The summed E-state index contributed by atoms with van der Waals surface area (Å²) in [6, 6.07) is 4.00. The number of rotatable bonds is 11. The molecule has 1 aromatic rings. The van der Waals surface area contributed by atoms with E-state index in [1.807, 2.05) is 12.3 Å². The molecule has 4 heteroatoms. The van der Waals surface area contributed by atoms with Crippen molar-refractivity contribution in [2.75, 3.05) is 13.1 Å². The zero-order valence-corrected chi connectivity index (χ0v) is 13.4. The molecule has 1 heterocycles. The zero-order valence-electron chi connectivity index (χ0n) is 13.4. The van der Waals surface area contributed by atoms with Crippen LogP contribution in [0, 0.1) is 5.92 Å². The van der Waals surface area contributed by atoms with Crippen molar-refractivity contribution in [3.63, 3.8) is 0 Å². The van der Waals surface area contributed by atoms with E-state index in [1.165, 1.54) is 5.56 Å². The summed E-state index contributed by atoms with van der Waals surface area (Å²) in [5, 5.41) is 6.41. The van der Waals surface area contributed by atoms with Gasteiger partial charge in [0.1, 0.15) is 0 Å². The van der Waals surface area contributed by atoms with Crippen molar-refractivity contribution in [1.29, 1.82) is 0 Å². The van der Waals surface area contributed by atoms with Crippen LogP contribution in [-0.2, 0) is 11.3 Å². The lowest BCUT2D eigenvalue weighted by Crippen LogP contribution is -2.32. The van der Waals surface area contributed by atoms with Crippen LogP contribution in [0.3, 0.4) is 0 Å². The van der Waals surface area contributed by atoms with E-state index in [4.69, 9.17) is 0 Å². The molecule has 0 saturated heterocycles. The number of aromatic nitrogens is 1. The van der Waals surface area contributed by atoms with Crippen LogP contribution < -0.4 is 10.6 Å². The Hall–Kier alpha value is -1.42. The van der Waals surface area contributed by atoms with Gasteiger partial charge >= 0.3 is 0 Å². The van der Waals surface area contributed by atoms with Gasteiger partial charge in [0.15, 0.2) is 0 Å². The van der Waals surface area contributed by atoms with Crippen LogP contribution in [0.2, 0.25) is 0 Å². The van der Waals surface area contributed by atoms with Gasteiger partial charge in [-0.25, -0.2) is 0 Å². The van der Waals surface area contributed by atoms with Crippen molar-refractivity contribution in [1.82, 2.24) is 15.6 Å². The molecule has 0 fully saturated rings. The van der Waals surface area contributed by atoms with Crippen molar-refractivity contribution < 1.29 is 4.79 Å². The molecule has 1 atom stereocenters. The fraction of sp³-hybridized carbons (Fsp3) is 0.647. The predicted molar refractivity (Wildman–Crippen MR) is 86.9 cm³/mol. The van der Waals surface area contributed by atoms with Crippen LogP contribution >= 0.6 is 0 Å². The van der Waals surface area contributed by atoms with E-state index >= 15 is 0 Å². The molecule has 0 aliphatic rings. The maximum absolute atomic E-state index is 12.0. The Kier molecular flexibility index (Phi) is 9.46. The second kappa shape index (κ2) is 11.3. The van der Waals surface area contributed by atoms with Gasteiger partial charge in [0.2, 0.25) is 5.91 Å². The smallest absolute Gasteiger partial charge is 0.223 e. The van der Waals surface area contributed by atoms with Gasteiger partial charge in [-0.3, -0.25) is 9.78 Å². The third kappa shape index (κ3) is 7.81. The van der Waals surface area contributed by atoms with Crippen LogP contribution in [-0.4, -0.2) is 24.0 Å². The van der Waals surface area contributed by atoms with Crippen LogP contribution in [0.5, 0.6) is 0 Å². The monoisotopic (exact) mass is 291 g/mol. The van der Waals surface area contributed by atoms with Gasteiger partial charge in [-0.1, -0.05) is 32.8 Å². The standard InChI is InChI=1S/C17H29N3O/c1-3-5-9-16(4-2)17(21)20-12-7-11-19-14-15-8-6-10-18-13-15/h6,8,10,13,16,19H,3-5,7,9,11-12,14H2,1-2H3,(H,20,21). The Labute approximate surface area is 128 Å². The lowest BCUT2D eigenvalue weighted by molar-refractivity contribution is -0.125. The van der Waals surface area contributed by atoms with Gasteiger partial charge in [-0.05, 0) is 37.4 Å². The Morgan fingerprint density at radius 3 is 2.81 bits per heavy atom. The molecule has 1 rings (SSSR count). The predicted octanol–water partition coefficient (Wildman–Crippen LogP) is 2.89. The van der Waals surface area contributed by atoms with E-state index in [0.717, 1.165) is 51.7 Å². The number of nitrogens with zero attached hydrogens (tertiary/aromatic N) is 1. The average Bonchev–Trinajstić information content (AvgIpc) is 2.52. The first-order valence-electron chi connectivity index (χ1n) is 8.15. The molecule has 0 aromatic carbocycles. The van der Waals surface area contributed by atoms with Crippen molar-refractivity contribution >= 4 is 5.91 Å². The number of pyridine rings is 1. The van der Waals surface area contributed by atoms with Gasteiger partial charge in [0, 0.05) is 31.4 Å². The number of unbranched alkanes of at least 4 members (excludes halogenated alkanes) is 1. The summed E-state index contributed by atoms with van der Waals surface area (Å²) >= 11 is 0. The number of amides is 1. The molecule has 0 saturated carbocycles. The Bertz CT molecular complexity index is 381. The molecule has 4 nitrogen and oxygen atoms in total. The molecule has 21 heavy (non-hydrogen) atoms. The largest absolute Gasteiger partial charge is 0.356 e. The van der Waals surface area contributed by atoms with Gasteiger partial charge < -0.3 is 10.6 Å². The van der Waals surface area contributed by atoms with Crippen LogP contribution in [0.4, 0.5) is 0 Å². The summed E-state index contributed by atoms with van der Waals surface area (Å²) in [4.78, 5) is 16.1. The van der Waals surface area contributed by atoms with Gasteiger partial charge in [0.05, 0.1) is 0 Å². The molecular weight excluding hydrogens is 262 g/mol. The lowest BCUT2D eigenvalue weighted by atomic mass is 9.98. The minimum absolute atomic E-state index is 0.188. The highest BCUT2D eigenvalue weighted by Gasteiger charge is 2.14. The quantitative estimate of drug-likeness (QED) is 0.616. The third-order valence-corrected chi connectivity index (χ3v) is 3.65. The first-order valence-corrected chi connectivity index (χ1v) is 8.15. The molecule has 1 amide bonds. The maximum Gasteiger partial charge on any atom is 0.223 e. The summed E-state index contributed by atoms with van der Waals surface area (Å²) in [6.45, 7) is 6.74. The van der Waals surface area contributed by atoms with Gasteiger partial charge in [0.25, 0.3) is 0 Å². The molecule has 1 unspecified atom stereocenters. The van der Waals surface area contributed by atoms with Crippen LogP contribution in [0.25, 0.3) is 0 Å². The summed E-state index contributed by atoms with van der Waals surface area (Å²) in [6.07, 6.45) is 8.84. The highest BCUT2D eigenvalue weighted by Crippen LogP contribution is 2.12. The minimum atomic E-state index is 0.188. The summed E-state index contributed by atoms with van der Waals surface area (Å²) < 4.78 is 0. The number of nitrogens with one attached hydrogen (secondary N) is 2. The van der Waals surface area contributed by atoms with E-state index in [0.29, 0.717) is 0 Å². The fourth-order valence-electron chi connectivity index (χ4n) is 2.28. The van der Waals surface area contributed by atoms with Crippen molar-refractivity contribution in [3.8, 4) is 0 Å². The summed E-state index contributed by atoms with van der Waals surface area (Å²) in [5.41, 5.74) is 1.19. The van der Waals surface area contributed by atoms with E-state index in [2.05, 4.69) is 35.5 Å². The second-order valence-corrected chi connectivity index (χ2v) is 5.43. The normalized spacial score (nSPS) is 12.1. The van der Waals surface area contributed by atoms with E-state index in [1.54, 1.807) is 6.20 Å². The van der Waals surface area contributed by atoms with Crippen molar-refractivity contribution in [2.45, 2.75) is 52.5 Å². The van der Waals surface area contributed by atoms with Crippen molar-refractivity contribution in [2.24, 2.45) is 5.92 Å². The molecule has 0 radical (unpaired) electrons. The van der Waals surface area contributed by atoms with Gasteiger partial charge in [-0.2, -0.15) is 0 Å². The van der Waals surface area contributed by atoms with Crippen LogP contribution in [0.15, 0.2) is 24.5 Å². The molecular formula is C17H29N3O. The number of hydrogen-bond acceptors (Lipinski definition) is 3. The third-order valence-electron chi connectivity index (χ3n) is 3.65. The number of carbonyl (C=O) groups excluding carboxylic acids is 1. The Morgan fingerprint density at radius 1 is 1.29 bits per heavy atom. The molecule has 0 spiro atoms. The zero-order chi connectivity index (χ0) is 15.3. The Morgan fingerprint density at radius 2 is 2.14 bits per heavy atom. The highest BCUT2D eigenvalue weighted by atomic mass is 16.1. The number of hydrogen-bond donors (Lipinski definition) is 2. The van der Waals surface area contributed by atoms with Gasteiger partial charge in [-0.15, -0.1) is 0 Å². The number of carbonyl (C=O) groups is 1. The second-order valence-electron chi connectivity index (χ2n) is 5.43. The molecule has 0 aliphatic heterocycles. The minimum Gasteiger partial charge on any atom is -0.356 e. The molecule has 2 N–H and O–H groups in total. The van der Waals surface area contributed by atoms with E-state index < -0.39 is 0 Å². The first-order chi connectivity index (χ1) is 10.3. The lowest BCUT2D eigenvalue weighted by Gasteiger charge is -2.14. The summed E-state index contributed by atoms with van der Waals surface area (Å²) in [7, 11) is 0. The first kappa shape index (κ1) is 17.6. The maximum atomic E-state index is 12.0. The fourth-order valence-corrected chi connectivity index (χ4v) is 2.28. The molecule has 1 aromatic heterocycles. The topological polar surface area (TPSA) is 54.0 Å². The van der Waals surface area contributed by atoms with E-state index in [-0.39, 0.29) is 11.8 Å². The highest BCUT2D eigenvalue weighted by molar-refractivity contribution is 5.78. The molecule has 118 valence electrons. The molecule has 0 bridgehead atoms.